The summed E-state index contributed by atoms with van der Waals surface area (Å²) in [6.45, 7) is 6.49. The fourth-order valence-corrected chi connectivity index (χ4v) is 9.59. The summed E-state index contributed by atoms with van der Waals surface area (Å²) in [5, 5.41) is 0. The van der Waals surface area contributed by atoms with Gasteiger partial charge >= 0.3 is 17.9 Å². The molecule has 0 aliphatic rings. The standard InChI is InChI=1S/C75H128O6/c1-4-7-10-13-16-19-22-25-28-31-34-35-36-37-38-39-42-44-47-50-53-56-59-62-65-68-74(77)80-71-72(81-75(78)69-66-63-60-57-54-51-48-45-41-33-30-27-24-21-18-15-12-9-6-3)70-79-73(76)67-64-61-58-55-52-49-46-43-40-32-29-26-23-20-17-14-11-8-5-2/h7,10,16-21,25-30,34-35,41,45,72H,4-6,8-9,11-15,22-24,31-33,36-40,42-44,46-71H2,1-3H3/b10-7-,19-16-,20-17-,21-18-,28-25-,29-26-,30-27-,35-34-,45-41-. The van der Waals surface area contributed by atoms with E-state index in [1.54, 1.807) is 0 Å². The lowest BCUT2D eigenvalue weighted by Crippen LogP contribution is -2.30. The van der Waals surface area contributed by atoms with Gasteiger partial charge in [0.15, 0.2) is 6.10 Å². The van der Waals surface area contributed by atoms with E-state index >= 15 is 0 Å². The first-order valence-corrected chi connectivity index (χ1v) is 34.4. The number of carbonyl (C=O) groups excluding carboxylic acids is 3. The zero-order chi connectivity index (χ0) is 58.5. The molecule has 0 aromatic heterocycles. The highest BCUT2D eigenvalue weighted by Crippen LogP contribution is 2.16. The Balaban J connectivity index is 4.39. The van der Waals surface area contributed by atoms with E-state index in [1.165, 1.54) is 173 Å². The molecular formula is C75H128O6. The molecule has 0 bridgehead atoms. The predicted octanol–water partition coefficient (Wildman–Crippen LogP) is 23.8. The second kappa shape index (κ2) is 68.6. The van der Waals surface area contributed by atoms with Gasteiger partial charge in [0.05, 0.1) is 0 Å². The van der Waals surface area contributed by atoms with Crippen LogP contribution in [0.1, 0.15) is 329 Å². The third-order valence-electron chi connectivity index (χ3n) is 14.7. The summed E-state index contributed by atoms with van der Waals surface area (Å²) in [5.74, 6) is -0.891. The van der Waals surface area contributed by atoms with Gasteiger partial charge < -0.3 is 14.2 Å². The topological polar surface area (TPSA) is 78.9 Å². The Morgan fingerprint density at radius 2 is 0.481 bits per heavy atom. The van der Waals surface area contributed by atoms with Gasteiger partial charge in [0.25, 0.3) is 0 Å². The van der Waals surface area contributed by atoms with Crippen molar-refractivity contribution >= 4 is 17.9 Å². The quantitative estimate of drug-likeness (QED) is 0.0261. The Hall–Kier alpha value is -3.93. The molecule has 0 aromatic rings. The van der Waals surface area contributed by atoms with E-state index < -0.39 is 6.10 Å². The molecule has 1 atom stereocenters. The SMILES string of the molecule is CC/C=C\C/C=C\C/C=C\C/C=C\CCCCCCCCCCCCCCC(=O)OCC(COC(=O)CCCCCCCCCCC/C=C\C/C=C\CCCCC)OC(=O)CCCCCCCC/C=C\C/C=C\C/C=C\CCCCC. The van der Waals surface area contributed by atoms with Crippen molar-refractivity contribution in [2.75, 3.05) is 13.2 Å². The molecule has 0 aliphatic carbocycles. The van der Waals surface area contributed by atoms with Crippen LogP contribution in [0.4, 0.5) is 0 Å². The summed E-state index contributed by atoms with van der Waals surface area (Å²) in [5.41, 5.74) is 0. The Bertz CT molecular complexity index is 1620. The lowest BCUT2D eigenvalue weighted by atomic mass is 10.0. The van der Waals surface area contributed by atoms with Crippen LogP contribution in [0.5, 0.6) is 0 Å². The van der Waals surface area contributed by atoms with Crippen molar-refractivity contribution in [1.82, 2.24) is 0 Å². The van der Waals surface area contributed by atoms with Crippen LogP contribution >= 0.6 is 0 Å². The Morgan fingerprint density at radius 3 is 0.753 bits per heavy atom. The molecule has 6 heteroatoms. The largest absolute Gasteiger partial charge is 0.462 e. The van der Waals surface area contributed by atoms with Crippen molar-refractivity contribution in [2.24, 2.45) is 0 Å². The summed E-state index contributed by atoms with van der Waals surface area (Å²) in [4.78, 5) is 38.5. The number of unbranched alkanes of at least 4 members (excludes halogenated alkanes) is 33. The monoisotopic (exact) mass is 1120 g/mol. The number of rotatable bonds is 62. The maximum absolute atomic E-state index is 13.0. The van der Waals surface area contributed by atoms with Crippen LogP contribution < -0.4 is 0 Å². The average molecular weight is 1130 g/mol. The van der Waals surface area contributed by atoms with Gasteiger partial charge in [-0.2, -0.15) is 0 Å². The molecule has 0 aliphatic heterocycles. The highest BCUT2D eigenvalue weighted by Gasteiger charge is 2.19. The van der Waals surface area contributed by atoms with Crippen molar-refractivity contribution in [2.45, 2.75) is 335 Å². The Kier molecular flexibility index (Phi) is 65.2. The van der Waals surface area contributed by atoms with E-state index in [1.807, 2.05) is 0 Å². The van der Waals surface area contributed by atoms with Gasteiger partial charge in [0, 0.05) is 19.3 Å². The molecule has 464 valence electrons. The molecule has 0 amide bonds. The van der Waals surface area contributed by atoms with Gasteiger partial charge in [-0.1, -0.05) is 291 Å². The van der Waals surface area contributed by atoms with Crippen LogP contribution in [0.2, 0.25) is 0 Å². The molecule has 0 saturated carbocycles. The minimum atomic E-state index is -0.791. The van der Waals surface area contributed by atoms with Crippen LogP contribution in [-0.4, -0.2) is 37.2 Å². The molecule has 81 heavy (non-hydrogen) atoms. The van der Waals surface area contributed by atoms with Crippen molar-refractivity contribution in [1.29, 1.82) is 0 Å². The molecule has 6 nitrogen and oxygen atoms in total. The van der Waals surface area contributed by atoms with Crippen LogP contribution in [-0.2, 0) is 28.6 Å². The first-order chi connectivity index (χ1) is 40.0. The smallest absolute Gasteiger partial charge is 0.306 e. The highest BCUT2D eigenvalue weighted by molar-refractivity contribution is 5.71. The fraction of sp³-hybridized carbons (Fsp3) is 0.720. The molecular weight excluding hydrogens is 997 g/mol. The van der Waals surface area contributed by atoms with Crippen molar-refractivity contribution in [3.8, 4) is 0 Å². The molecule has 0 fully saturated rings. The van der Waals surface area contributed by atoms with Gasteiger partial charge in [-0.25, -0.2) is 0 Å². The summed E-state index contributed by atoms with van der Waals surface area (Å²) in [7, 11) is 0. The molecule has 0 heterocycles. The average Bonchev–Trinajstić information content (AvgIpc) is 3.47. The van der Waals surface area contributed by atoms with Gasteiger partial charge in [-0.3, -0.25) is 14.4 Å². The second-order valence-corrected chi connectivity index (χ2v) is 22.7. The third-order valence-corrected chi connectivity index (χ3v) is 14.7. The zero-order valence-electron chi connectivity index (χ0n) is 53.3. The minimum absolute atomic E-state index is 0.0854. The summed E-state index contributed by atoms with van der Waals surface area (Å²) < 4.78 is 17.0. The van der Waals surface area contributed by atoms with Crippen LogP contribution in [0.25, 0.3) is 0 Å². The van der Waals surface area contributed by atoms with Gasteiger partial charge in [-0.05, 0) is 128 Å². The summed E-state index contributed by atoms with van der Waals surface area (Å²) >= 11 is 0. The number of hydrogen-bond donors (Lipinski definition) is 0. The van der Waals surface area contributed by atoms with Crippen LogP contribution in [0.15, 0.2) is 109 Å². The van der Waals surface area contributed by atoms with Crippen LogP contribution in [0.3, 0.4) is 0 Å². The predicted molar refractivity (Wildman–Crippen MR) is 353 cm³/mol. The van der Waals surface area contributed by atoms with Crippen molar-refractivity contribution in [3.05, 3.63) is 109 Å². The zero-order valence-corrected chi connectivity index (χ0v) is 53.3. The van der Waals surface area contributed by atoms with Crippen LogP contribution in [0, 0.1) is 0 Å². The Morgan fingerprint density at radius 1 is 0.259 bits per heavy atom. The number of carbonyl (C=O) groups is 3. The molecule has 0 aromatic carbocycles. The van der Waals surface area contributed by atoms with E-state index in [-0.39, 0.29) is 31.1 Å². The molecule has 0 N–H and O–H groups in total. The van der Waals surface area contributed by atoms with Gasteiger partial charge in [0.1, 0.15) is 13.2 Å². The third kappa shape index (κ3) is 66.8. The van der Waals surface area contributed by atoms with E-state index in [4.69, 9.17) is 14.2 Å². The first-order valence-electron chi connectivity index (χ1n) is 34.4. The lowest BCUT2D eigenvalue weighted by molar-refractivity contribution is -0.167. The van der Waals surface area contributed by atoms with E-state index in [0.29, 0.717) is 19.3 Å². The second-order valence-electron chi connectivity index (χ2n) is 22.7. The molecule has 1 unspecified atom stereocenters. The molecule has 0 rings (SSSR count). The van der Waals surface area contributed by atoms with E-state index in [2.05, 4.69) is 130 Å². The normalized spacial score (nSPS) is 12.8. The van der Waals surface area contributed by atoms with Gasteiger partial charge in [0.2, 0.25) is 0 Å². The highest BCUT2D eigenvalue weighted by atomic mass is 16.6. The number of allylic oxidation sites excluding steroid dienone is 18. The lowest BCUT2D eigenvalue weighted by Gasteiger charge is -2.18. The molecule has 0 spiro atoms. The molecule has 0 saturated heterocycles. The summed E-state index contributed by atoms with van der Waals surface area (Å²) in [6.07, 6.45) is 93.8. The summed E-state index contributed by atoms with van der Waals surface area (Å²) in [6, 6.07) is 0. The van der Waals surface area contributed by atoms with Crippen molar-refractivity contribution in [3.63, 3.8) is 0 Å². The van der Waals surface area contributed by atoms with E-state index in [0.717, 1.165) is 116 Å². The van der Waals surface area contributed by atoms with Gasteiger partial charge in [-0.15, -0.1) is 0 Å². The fourth-order valence-electron chi connectivity index (χ4n) is 9.59. The maximum atomic E-state index is 13.0. The van der Waals surface area contributed by atoms with Crippen molar-refractivity contribution < 1.29 is 28.6 Å². The number of ether oxygens (including phenoxy) is 3. The minimum Gasteiger partial charge on any atom is -0.462 e. The Labute approximate surface area is 501 Å². The number of esters is 3. The maximum Gasteiger partial charge on any atom is 0.306 e. The molecule has 0 radical (unpaired) electrons. The number of hydrogen-bond acceptors (Lipinski definition) is 6. The van der Waals surface area contributed by atoms with E-state index in [9.17, 15) is 14.4 Å². The first kappa shape index (κ1) is 77.1.